The van der Waals surface area contributed by atoms with E-state index >= 15 is 4.39 Å². The molecule has 0 radical (unpaired) electrons. The highest BCUT2D eigenvalue weighted by Gasteiger charge is 2.49. The fraction of sp³-hybridized carbons (Fsp3) is 0.433. The molecule has 224 valence electrons. The predicted octanol–water partition coefficient (Wildman–Crippen LogP) is 5.65. The van der Waals surface area contributed by atoms with Gasteiger partial charge in [0, 0.05) is 48.4 Å². The molecular weight excluding hydrogens is 599 g/mol. The van der Waals surface area contributed by atoms with Crippen LogP contribution >= 0.6 is 22.9 Å². The third-order valence-electron chi connectivity index (χ3n) is 9.17. The lowest BCUT2D eigenvalue weighted by Gasteiger charge is -2.31. The van der Waals surface area contributed by atoms with Crippen LogP contribution in [0.15, 0.2) is 18.2 Å². The van der Waals surface area contributed by atoms with E-state index in [1.807, 2.05) is 18.0 Å². The molecule has 1 unspecified atom stereocenters. The van der Waals surface area contributed by atoms with E-state index < -0.39 is 23.3 Å². The number of hydrogen-bond donors (Lipinski definition) is 2. The maximum absolute atomic E-state index is 16.8. The smallest absolute Gasteiger partial charge is 0.319 e. The van der Waals surface area contributed by atoms with E-state index in [1.165, 1.54) is 12.1 Å². The summed E-state index contributed by atoms with van der Waals surface area (Å²) in [6, 6.07) is 6.47. The van der Waals surface area contributed by atoms with Gasteiger partial charge in [-0.05, 0) is 50.6 Å². The first-order valence-electron chi connectivity index (χ1n) is 14.3. The van der Waals surface area contributed by atoms with Gasteiger partial charge in [0.05, 0.1) is 20.8 Å². The number of aromatic nitrogens is 2. The van der Waals surface area contributed by atoms with Gasteiger partial charge in [-0.3, -0.25) is 4.90 Å². The van der Waals surface area contributed by atoms with Crippen LogP contribution < -0.4 is 20.7 Å². The highest BCUT2D eigenvalue weighted by atomic mass is 35.5. The molecule has 43 heavy (non-hydrogen) atoms. The van der Waals surface area contributed by atoms with Crippen molar-refractivity contribution in [2.45, 2.75) is 43.4 Å². The summed E-state index contributed by atoms with van der Waals surface area (Å²) in [7, 11) is 1.89. The van der Waals surface area contributed by atoms with E-state index in [2.05, 4.69) is 15.2 Å². The molecule has 8 nitrogen and oxygen atoms in total. The van der Waals surface area contributed by atoms with Gasteiger partial charge in [0.25, 0.3) is 0 Å². The van der Waals surface area contributed by atoms with E-state index in [0.29, 0.717) is 37.3 Å². The number of hydrogen-bond acceptors (Lipinski definition) is 9. The minimum Gasteiger partial charge on any atom is -0.461 e. The van der Waals surface area contributed by atoms with Crippen LogP contribution in [0.4, 0.5) is 24.0 Å². The van der Waals surface area contributed by atoms with Crippen molar-refractivity contribution >= 4 is 54.7 Å². The molecule has 7 rings (SSSR count). The average molecular weight is 628 g/mol. The molecule has 3 aliphatic rings. The number of nitrogen functional groups attached to an aromatic ring is 1. The Bertz CT molecular complexity index is 1810. The van der Waals surface area contributed by atoms with Gasteiger partial charge in [-0.15, -0.1) is 11.3 Å². The summed E-state index contributed by atoms with van der Waals surface area (Å²) in [5.74, 6) is -0.819. The molecule has 3 fully saturated rings. The minimum absolute atomic E-state index is 0.00661. The Morgan fingerprint density at radius 2 is 2.12 bits per heavy atom. The topological polar surface area (TPSA) is 103 Å². The van der Waals surface area contributed by atoms with Gasteiger partial charge in [0.1, 0.15) is 41.0 Å². The second-order valence-electron chi connectivity index (χ2n) is 11.6. The lowest BCUT2D eigenvalue weighted by Crippen LogP contribution is -2.43. The zero-order valence-corrected chi connectivity index (χ0v) is 25.0. The quantitative estimate of drug-likeness (QED) is 0.283. The van der Waals surface area contributed by atoms with Crippen molar-refractivity contribution in [1.82, 2.24) is 20.2 Å². The molecule has 0 saturated carbocycles. The number of nitrogens with one attached hydrogen (secondary N) is 1. The maximum Gasteiger partial charge on any atom is 0.319 e. The number of thiophene rings is 1. The number of halogens is 4. The van der Waals surface area contributed by atoms with E-state index in [1.54, 1.807) is 6.07 Å². The van der Waals surface area contributed by atoms with Gasteiger partial charge in [-0.25, -0.2) is 13.2 Å². The average Bonchev–Trinajstić information content (AvgIpc) is 3.75. The zero-order valence-electron chi connectivity index (χ0n) is 23.4. The second kappa shape index (κ2) is 10.7. The Morgan fingerprint density at radius 1 is 1.28 bits per heavy atom. The first-order valence-corrected chi connectivity index (χ1v) is 15.5. The molecule has 3 saturated heterocycles. The van der Waals surface area contributed by atoms with Crippen LogP contribution in [0.25, 0.3) is 32.1 Å². The maximum atomic E-state index is 16.8. The van der Waals surface area contributed by atoms with Crippen molar-refractivity contribution in [3.05, 3.63) is 40.4 Å². The number of nitrogens with zero attached hydrogens (tertiary/aromatic N) is 5. The fourth-order valence-corrected chi connectivity index (χ4v) is 8.30. The van der Waals surface area contributed by atoms with Crippen LogP contribution in [-0.2, 0) is 0 Å². The minimum atomic E-state index is -0.917. The zero-order chi connectivity index (χ0) is 30.0. The number of benzene rings is 2. The number of alkyl halides is 1. The van der Waals surface area contributed by atoms with Crippen LogP contribution in [0.2, 0.25) is 5.02 Å². The monoisotopic (exact) mass is 627 g/mol. The van der Waals surface area contributed by atoms with Gasteiger partial charge in [0.2, 0.25) is 0 Å². The molecule has 2 aromatic carbocycles. The van der Waals surface area contributed by atoms with Crippen molar-refractivity contribution in [3.8, 4) is 23.2 Å². The van der Waals surface area contributed by atoms with Crippen molar-refractivity contribution in [1.29, 1.82) is 5.26 Å². The molecular formula is C30H29ClF3N7OS. The summed E-state index contributed by atoms with van der Waals surface area (Å²) < 4.78 is 52.3. The number of anilines is 2. The van der Waals surface area contributed by atoms with Crippen molar-refractivity contribution in [2.24, 2.45) is 0 Å². The largest absolute Gasteiger partial charge is 0.461 e. The van der Waals surface area contributed by atoms with E-state index in [4.69, 9.17) is 27.1 Å². The molecule has 3 aliphatic heterocycles. The number of likely N-dealkylation sites (N-methyl/N-ethyl adjacent to an activating group) is 1. The summed E-state index contributed by atoms with van der Waals surface area (Å²) in [5.41, 5.74) is 5.88. The first-order chi connectivity index (χ1) is 20.7. The van der Waals surface area contributed by atoms with Gasteiger partial charge in [0.15, 0.2) is 5.82 Å². The van der Waals surface area contributed by atoms with E-state index in [0.717, 1.165) is 37.1 Å². The summed E-state index contributed by atoms with van der Waals surface area (Å²) in [6.45, 7) is 2.71. The fourth-order valence-electron chi connectivity index (χ4n) is 7.06. The Hall–Kier alpha value is -3.37. The number of rotatable bonds is 6. The van der Waals surface area contributed by atoms with Crippen LogP contribution in [0.1, 0.15) is 31.2 Å². The molecule has 5 heterocycles. The lowest BCUT2D eigenvalue weighted by molar-refractivity contribution is 0.107. The summed E-state index contributed by atoms with van der Waals surface area (Å²) in [5, 5.41) is 13.9. The molecule has 0 bridgehead atoms. The number of ether oxygens (including phenoxy) is 1. The molecule has 0 amide bonds. The number of nitrogens with two attached hydrogens (primary N) is 1. The Balaban J connectivity index is 1.39. The van der Waals surface area contributed by atoms with Crippen LogP contribution in [0.5, 0.6) is 6.01 Å². The van der Waals surface area contributed by atoms with Gasteiger partial charge < -0.3 is 20.7 Å². The summed E-state index contributed by atoms with van der Waals surface area (Å²) >= 11 is 7.71. The van der Waals surface area contributed by atoms with Crippen molar-refractivity contribution in [2.75, 3.05) is 50.5 Å². The molecule has 3 N–H and O–H groups in total. The number of fused-ring (bicyclic) bond motifs is 3. The Morgan fingerprint density at radius 3 is 2.88 bits per heavy atom. The standard InChI is InChI=1S/C30H29ClF3N7OS/c1-37-16-5-8-40(13-16)28-18-9-20(31)23(17-3-4-21(33)26-22(17)19(11-35)27(36)43-26)24(34)25(18)38-29(39-28)42-14-30-6-2-7-41(30)12-15(32)10-30/h3-4,9,15-16,37H,2,5-8,10,12-14,36H2,1H3/t15?,16-,30+/m1/s1. The molecule has 3 atom stereocenters. The van der Waals surface area contributed by atoms with Gasteiger partial charge >= 0.3 is 6.01 Å². The van der Waals surface area contributed by atoms with Crippen LogP contribution in [-0.4, -0.2) is 72.5 Å². The SMILES string of the molecule is CN[C@@H]1CCN(c2nc(OC[C@@]34CCCN3CC(F)C4)nc3c(F)c(-c4ccc(F)c5sc(N)c(C#N)c45)c(Cl)cc23)C1. The molecule has 2 aromatic heterocycles. The lowest BCUT2D eigenvalue weighted by atomic mass is 9.95. The summed E-state index contributed by atoms with van der Waals surface area (Å²) in [4.78, 5) is 13.4. The Kier molecular flexibility index (Phi) is 7.04. The third-order valence-corrected chi connectivity index (χ3v) is 10.5. The first kappa shape index (κ1) is 28.4. The predicted molar refractivity (Wildman–Crippen MR) is 163 cm³/mol. The van der Waals surface area contributed by atoms with E-state index in [9.17, 15) is 14.0 Å². The van der Waals surface area contributed by atoms with Gasteiger partial charge in [-0.1, -0.05) is 17.7 Å². The van der Waals surface area contributed by atoms with Crippen LogP contribution in [0, 0.1) is 23.0 Å². The van der Waals surface area contributed by atoms with Crippen LogP contribution in [0.3, 0.4) is 0 Å². The molecule has 0 aliphatic carbocycles. The second-order valence-corrected chi connectivity index (χ2v) is 13.1. The number of nitriles is 1. The molecule has 0 spiro atoms. The van der Waals surface area contributed by atoms with Crippen molar-refractivity contribution in [3.63, 3.8) is 0 Å². The molecule has 13 heteroatoms. The highest BCUT2D eigenvalue weighted by Crippen LogP contribution is 2.46. The van der Waals surface area contributed by atoms with Gasteiger partial charge in [-0.2, -0.15) is 15.2 Å². The van der Waals surface area contributed by atoms with Crippen molar-refractivity contribution < 1.29 is 17.9 Å². The van der Waals surface area contributed by atoms with E-state index in [-0.39, 0.29) is 61.0 Å². The highest BCUT2D eigenvalue weighted by molar-refractivity contribution is 7.23. The third kappa shape index (κ3) is 4.56. The molecule has 4 aromatic rings. The summed E-state index contributed by atoms with van der Waals surface area (Å²) in [6.07, 6.45) is 2.10. The normalized spacial score (nSPS) is 23.9. The Labute approximate surface area is 255 Å².